The molecule has 0 aromatic carbocycles. The van der Waals surface area contributed by atoms with Crippen LogP contribution in [0, 0.1) is 5.41 Å². The van der Waals surface area contributed by atoms with E-state index in [1.807, 2.05) is 6.07 Å². The molecule has 1 heterocycles. The van der Waals surface area contributed by atoms with Crippen LogP contribution in [0.4, 0.5) is 0 Å². The topological polar surface area (TPSA) is 36.6 Å². The number of hydrogen-bond donors (Lipinski definition) is 1. The summed E-state index contributed by atoms with van der Waals surface area (Å²) in [4.78, 5) is 2.24. The molecule has 0 saturated carbocycles. The molecule has 0 spiro atoms. The highest BCUT2D eigenvalue weighted by molar-refractivity contribution is 5.04. The van der Waals surface area contributed by atoms with E-state index in [0.717, 1.165) is 18.7 Å². The lowest BCUT2D eigenvalue weighted by Crippen LogP contribution is -2.34. The van der Waals surface area contributed by atoms with E-state index in [9.17, 15) is 0 Å². The standard InChI is InChI=1S/C12H21NO2/c1-12(2,3)10-13(5-6-14)8-11-4-7-15-9-11/h4,7,9,14H,5-6,8,10H2,1-3H3. The molecule has 3 heteroatoms. The summed E-state index contributed by atoms with van der Waals surface area (Å²) in [5, 5.41) is 9.00. The van der Waals surface area contributed by atoms with Crippen LogP contribution < -0.4 is 0 Å². The molecule has 0 aliphatic heterocycles. The minimum atomic E-state index is 0.202. The minimum absolute atomic E-state index is 0.202. The molecular weight excluding hydrogens is 190 g/mol. The predicted octanol–water partition coefficient (Wildman–Crippen LogP) is 2.12. The molecular formula is C12H21NO2. The average Bonchev–Trinajstić information content (AvgIpc) is 2.54. The van der Waals surface area contributed by atoms with E-state index in [1.54, 1.807) is 12.5 Å². The Kier molecular flexibility index (Phi) is 4.36. The summed E-state index contributed by atoms with van der Waals surface area (Å²) < 4.78 is 5.03. The van der Waals surface area contributed by atoms with Crippen molar-refractivity contribution < 1.29 is 9.52 Å². The van der Waals surface area contributed by atoms with E-state index in [4.69, 9.17) is 9.52 Å². The number of aliphatic hydroxyl groups is 1. The smallest absolute Gasteiger partial charge is 0.0947 e. The number of furan rings is 1. The van der Waals surface area contributed by atoms with E-state index in [0.29, 0.717) is 6.54 Å². The van der Waals surface area contributed by atoms with Crippen LogP contribution in [-0.4, -0.2) is 29.7 Å². The molecule has 1 N–H and O–H groups in total. The Morgan fingerprint density at radius 3 is 2.60 bits per heavy atom. The van der Waals surface area contributed by atoms with Gasteiger partial charge in [-0.15, -0.1) is 0 Å². The second kappa shape index (κ2) is 5.33. The second-order valence-corrected chi connectivity index (χ2v) is 5.13. The molecule has 1 rings (SSSR count). The zero-order valence-electron chi connectivity index (χ0n) is 9.86. The molecule has 86 valence electrons. The highest BCUT2D eigenvalue weighted by Crippen LogP contribution is 2.16. The van der Waals surface area contributed by atoms with Gasteiger partial charge in [0.25, 0.3) is 0 Å². The Morgan fingerprint density at radius 2 is 2.13 bits per heavy atom. The first-order valence-corrected chi connectivity index (χ1v) is 5.35. The quantitative estimate of drug-likeness (QED) is 0.810. The first-order valence-electron chi connectivity index (χ1n) is 5.35. The number of aliphatic hydroxyl groups excluding tert-OH is 1. The third-order valence-electron chi connectivity index (χ3n) is 2.10. The third-order valence-corrected chi connectivity index (χ3v) is 2.10. The zero-order valence-corrected chi connectivity index (χ0v) is 9.86. The van der Waals surface area contributed by atoms with Crippen LogP contribution >= 0.6 is 0 Å². The molecule has 15 heavy (non-hydrogen) atoms. The van der Waals surface area contributed by atoms with Crippen molar-refractivity contribution in [3.8, 4) is 0 Å². The molecule has 0 radical (unpaired) electrons. The van der Waals surface area contributed by atoms with E-state index in [2.05, 4.69) is 25.7 Å². The number of nitrogens with zero attached hydrogens (tertiary/aromatic N) is 1. The summed E-state index contributed by atoms with van der Waals surface area (Å²) in [6.07, 6.45) is 3.44. The van der Waals surface area contributed by atoms with Gasteiger partial charge in [0, 0.05) is 25.2 Å². The van der Waals surface area contributed by atoms with Gasteiger partial charge in [-0.3, -0.25) is 4.90 Å². The molecule has 0 atom stereocenters. The van der Waals surface area contributed by atoms with Gasteiger partial charge in [-0.25, -0.2) is 0 Å². The molecule has 1 aromatic heterocycles. The van der Waals surface area contributed by atoms with E-state index in [-0.39, 0.29) is 12.0 Å². The van der Waals surface area contributed by atoms with Crippen molar-refractivity contribution >= 4 is 0 Å². The van der Waals surface area contributed by atoms with Gasteiger partial charge < -0.3 is 9.52 Å². The zero-order chi connectivity index (χ0) is 11.3. The van der Waals surface area contributed by atoms with Crippen LogP contribution in [0.1, 0.15) is 26.3 Å². The second-order valence-electron chi connectivity index (χ2n) is 5.13. The maximum Gasteiger partial charge on any atom is 0.0947 e. The van der Waals surface area contributed by atoms with Gasteiger partial charge in [0.05, 0.1) is 19.1 Å². The van der Waals surface area contributed by atoms with Gasteiger partial charge in [0.1, 0.15) is 0 Å². The van der Waals surface area contributed by atoms with Crippen molar-refractivity contribution in [3.63, 3.8) is 0 Å². The van der Waals surface area contributed by atoms with Crippen molar-refractivity contribution in [1.82, 2.24) is 4.90 Å². The van der Waals surface area contributed by atoms with Crippen LogP contribution in [0.2, 0.25) is 0 Å². The summed E-state index contributed by atoms with van der Waals surface area (Å²) in [6.45, 7) is 9.33. The number of hydrogen-bond acceptors (Lipinski definition) is 3. The minimum Gasteiger partial charge on any atom is -0.472 e. The molecule has 1 aromatic rings. The first-order chi connectivity index (χ1) is 7.01. The fourth-order valence-electron chi connectivity index (χ4n) is 1.67. The van der Waals surface area contributed by atoms with Crippen molar-refractivity contribution in [1.29, 1.82) is 0 Å². The van der Waals surface area contributed by atoms with Crippen molar-refractivity contribution in [2.45, 2.75) is 27.3 Å². The third kappa shape index (κ3) is 5.00. The van der Waals surface area contributed by atoms with E-state index in [1.165, 1.54) is 0 Å². The lowest BCUT2D eigenvalue weighted by molar-refractivity contribution is 0.146. The van der Waals surface area contributed by atoms with Crippen LogP contribution in [0.5, 0.6) is 0 Å². The summed E-state index contributed by atoms with van der Waals surface area (Å²) in [5.74, 6) is 0. The largest absolute Gasteiger partial charge is 0.472 e. The predicted molar refractivity (Wildman–Crippen MR) is 60.5 cm³/mol. The van der Waals surface area contributed by atoms with Gasteiger partial charge in [-0.05, 0) is 11.5 Å². The Bertz CT molecular complexity index is 262. The Morgan fingerprint density at radius 1 is 1.40 bits per heavy atom. The highest BCUT2D eigenvalue weighted by Gasteiger charge is 2.16. The summed E-state index contributed by atoms with van der Waals surface area (Å²) in [5.41, 5.74) is 1.41. The van der Waals surface area contributed by atoms with Crippen LogP contribution in [0.15, 0.2) is 23.0 Å². The Balaban J connectivity index is 2.51. The van der Waals surface area contributed by atoms with Crippen molar-refractivity contribution in [2.75, 3.05) is 19.7 Å². The monoisotopic (exact) mass is 211 g/mol. The van der Waals surface area contributed by atoms with Crippen LogP contribution in [0.3, 0.4) is 0 Å². The fraction of sp³-hybridized carbons (Fsp3) is 0.667. The summed E-state index contributed by atoms with van der Waals surface area (Å²) in [7, 11) is 0. The highest BCUT2D eigenvalue weighted by atomic mass is 16.3. The van der Waals surface area contributed by atoms with Gasteiger partial charge in [-0.2, -0.15) is 0 Å². The average molecular weight is 211 g/mol. The summed E-state index contributed by atoms with van der Waals surface area (Å²) in [6, 6.07) is 1.97. The Labute approximate surface area is 91.7 Å². The lowest BCUT2D eigenvalue weighted by atomic mass is 9.96. The molecule has 0 aliphatic rings. The van der Waals surface area contributed by atoms with Gasteiger partial charge in [0.2, 0.25) is 0 Å². The van der Waals surface area contributed by atoms with Gasteiger partial charge >= 0.3 is 0 Å². The van der Waals surface area contributed by atoms with Gasteiger partial charge in [0.15, 0.2) is 0 Å². The van der Waals surface area contributed by atoms with Crippen LogP contribution in [-0.2, 0) is 6.54 Å². The molecule has 0 saturated heterocycles. The fourth-order valence-corrected chi connectivity index (χ4v) is 1.67. The first kappa shape index (κ1) is 12.3. The lowest BCUT2D eigenvalue weighted by Gasteiger charge is -2.29. The van der Waals surface area contributed by atoms with Crippen molar-refractivity contribution in [2.24, 2.45) is 5.41 Å². The Hall–Kier alpha value is -0.800. The summed E-state index contributed by atoms with van der Waals surface area (Å²) >= 11 is 0. The van der Waals surface area contributed by atoms with Crippen molar-refractivity contribution in [3.05, 3.63) is 24.2 Å². The maximum absolute atomic E-state index is 9.00. The van der Waals surface area contributed by atoms with E-state index < -0.39 is 0 Å². The number of rotatable bonds is 5. The molecule has 3 nitrogen and oxygen atoms in total. The molecule has 0 bridgehead atoms. The van der Waals surface area contributed by atoms with E-state index >= 15 is 0 Å². The van der Waals surface area contributed by atoms with Gasteiger partial charge in [-0.1, -0.05) is 20.8 Å². The normalized spacial score (nSPS) is 12.3. The molecule has 0 unspecified atom stereocenters. The SMILES string of the molecule is CC(C)(C)CN(CCO)Cc1ccoc1. The van der Waals surface area contributed by atoms with Crippen LogP contribution in [0.25, 0.3) is 0 Å². The molecule has 0 aliphatic carbocycles. The molecule has 0 amide bonds. The maximum atomic E-state index is 9.00. The molecule has 0 fully saturated rings.